The Morgan fingerprint density at radius 2 is 1.75 bits per heavy atom. The van der Waals surface area contributed by atoms with Gasteiger partial charge in [-0.1, -0.05) is 0 Å². The molecule has 1 unspecified atom stereocenters. The van der Waals surface area contributed by atoms with Gasteiger partial charge in [0.05, 0.1) is 17.8 Å². The van der Waals surface area contributed by atoms with Crippen LogP contribution in [0.1, 0.15) is 11.7 Å². The van der Waals surface area contributed by atoms with Crippen LogP contribution in [0.25, 0.3) is 0 Å². The number of benzene rings is 1. The van der Waals surface area contributed by atoms with Gasteiger partial charge in [0.15, 0.2) is 6.10 Å². The summed E-state index contributed by atoms with van der Waals surface area (Å²) >= 11 is 2.02. The van der Waals surface area contributed by atoms with Crippen LogP contribution in [0.4, 0.5) is 0 Å². The molecule has 88 valence electrons. The SMILES string of the molecule is COc1cc(C(O)C(=O)O)cc(OC)c1I. The number of hydrogen-bond donors (Lipinski definition) is 2. The maximum Gasteiger partial charge on any atom is 0.337 e. The number of hydrogen-bond acceptors (Lipinski definition) is 4. The quantitative estimate of drug-likeness (QED) is 0.813. The number of halogens is 1. The number of ether oxygens (including phenoxy) is 2. The van der Waals surface area contributed by atoms with E-state index in [1.54, 1.807) is 0 Å². The summed E-state index contributed by atoms with van der Waals surface area (Å²) in [4.78, 5) is 10.7. The van der Waals surface area contributed by atoms with Crippen molar-refractivity contribution in [3.05, 3.63) is 21.3 Å². The summed E-state index contributed by atoms with van der Waals surface area (Å²) in [5.41, 5.74) is 0.224. The molecule has 0 aliphatic rings. The molecule has 1 aromatic rings. The molecule has 5 nitrogen and oxygen atoms in total. The third-order valence-electron chi connectivity index (χ3n) is 2.02. The van der Waals surface area contributed by atoms with Gasteiger partial charge >= 0.3 is 5.97 Å². The van der Waals surface area contributed by atoms with Gasteiger partial charge in [0.25, 0.3) is 0 Å². The fraction of sp³-hybridized carbons (Fsp3) is 0.300. The first-order chi connectivity index (χ1) is 7.51. The molecule has 0 aliphatic carbocycles. The Morgan fingerprint density at radius 1 is 1.31 bits per heavy atom. The van der Waals surface area contributed by atoms with E-state index in [0.717, 1.165) is 3.57 Å². The molecule has 0 spiro atoms. The van der Waals surface area contributed by atoms with Gasteiger partial charge in [0.2, 0.25) is 0 Å². The molecular weight excluding hydrogens is 327 g/mol. The Bertz CT molecular complexity index is 379. The fourth-order valence-corrected chi connectivity index (χ4v) is 1.94. The van der Waals surface area contributed by atoms with Crippen molar-refractivity contribution in [1.82, 2.24) is 0 Å². The van der Waals surface area contributed by atoms with Gasteiger partial charge in [-0.15, -0.1) is 0 Å². The van der Waals surface area contributed by atoms with E-state index in [0.29, 0.717) is 11.5 Å². The molecule has 16 heavy (non-hydrogen) atoms. The van der Waals surface area contributed by atoms with Crippen LogP contribution in [0.5, 0.6) is 11.5 Å². The Kier molecular flexibility index (Phi) is 4.36. The second-order valence-electron chi connectivity index (χ2n) is 2.98. The summed E-state index contributed by atoms with van der Waals surface area (Å²) in [7, 11) is 2.93. The molecule has 1 rings (SSSR count). The molecule has 1 aromatic carbocycles. The fourth-order valence-electron chi connectivity index (χ4n) is 1.19. The Morgan fingerprint density at radius 3 is 2.06 bits per heavy atom. The van der Waals surface area contributed by atoms with Crippen molar-refractivity contribution >= 4 is 28.6 Å². The number of methoxy groups -OCH3 is 2. The molecule has 0 bridgehead atoms. The van der Waals surface area contributed by atoms with Gasteiger partial charge in [-0.3, -0.25) is 0 Å². The average molecular weight is 338 g/mol. The molecule has 2 N–H and O–H groups in total. The lowest BCUT2D eigenvalue weighted by Crippen LogP contribution is -2.11. The minimum absolute atomic E-state index is 0.224. The van der Waals surface area contributed by atoms with Crippen molar-refractivity contribution in [1.29, 1.82) is 0 Å². The van der Waals surface area contributed by atoms with Crippen LogP contribution >= 0.6 is 22.6 Å². The van der Waals surface area contributed by atoms with Crippen LogP contribution in [0.15, 0.2) is 12.1 Å². The molecule has 0 heterocycles. The van der Waals surface area contributed by atoms with E-state index in [4.69, 9.17) is 14.6 Å². The van der Waals surface area contributed by atoms with Gasteiger partial charge in [-0.05, 0) is 40.3 Å². The highest BCUT2D eigenvalue weighted by molar-refractivity contribution is 14.1. The minimum atomic E-state index is -1.58. The number of aliphatic hydroxyl groups excluding tert-OH is 1. The number of carbonyl (C=O) groups is 1. The Balaban J connectivity index is 3.26. The van der Waals surface area contributed by atoms with Gasteiger partial charge < -0.3 is 19.7 Å². The maximum absolute atomic E-state index is 10.7. The summed E-state index contributed by atoms with van der Waals surface area (Å²) in [5, 5.41) is 18.1. The summed E-state index contributed by atoms with van der Waals surface area (Å²) in [6.45, 7) is 0. The van der Waals surface area contributed by atoms with Crippen LogP contribution in [0.3, 0.4) is 0 Å². The lowest BCUT2D eigenvalue weighted by molar-refractivity contribution is -0.146. The zero-order valence-corrected chi connectivity index (χ0v) is 10.9. The van der Waals surface area contributed by atoms with Crippen LogP contribution < -0.4 is 9.47 Å². The standard InChI is InChI=1S/C10H11IO5/c1-15-6-3-5(9(12)10(13)14)4-7(16-2)8(6)11/h3-4,9,12H,1-2H3,(H,13,14). The largest absolute Gasteiger partial charge is 0.495 e. The molecule has 0 fully saturated rings. The summed E-state index contributed by atoms with van der Waals surface area (Å²) in [6, 6.07) is 2.95. The number of aliphatic hydroxyl groups is 1. The summed E-state index contributed by atoms with van der Waals surface area (Å²) in [5.74, 6) is -0.379. The van der Waals surface area contributed by atoms with Crippen molar-refractivity contribution in [3.8, 4) is 11.5 Å². The first-order valence-electron chi connectivity index (χ1n) is 4.33. The second-order valence-corrected chi connectivity index (χ2v) is 4.06. The molecular formula is C10H11IO5. The number of rotatable bonds is 4. The van der Waals surface area contributed by atoms with E-state index >= 15 is 0 Å². The monoisotopic (exact) mass is 338 g/mol. The zero-order valence-electron chi connectivity index (χ0n) is 8.73. The van der Waals surface area contributed by atoms with E-state index < -0.39 is 12.1 Å². The predicted molar refractivity (Wildman–Crippen MR) is 64.9 cm³/mol. The van der Waals surface area contributed by atoms with Crippen molar-refractivity contribution in [2.24, 2.45) is 0 Å². The van der Waals surface area contributed by atoms with Crippen molar-refractivity contribution < 1.29 is 24.5 Å². The normalized spacial score (nSPS) is 12.0. The number of carboxylic acids is 1. The third kappa shape index (κ3) is 2.56. The van der Waals surface area contributed by atoms with Crippen LogP contribution in [-0.2, 0) is 4.79 Å². The highest BCUT2D eigenvalue weighted by Crippen LogP contribution is 2.33. The highest BCUT2D eigenvalue weighted by atomic mass is 127. The van der Waals surface area contributed by atoms with E-state index in [9.17, 15) is 9.90 Å². The lowest BCUT2D eigenvalue weighted by atomic mass is 10.1. The molecule has 0 aromatic heterocycles. The molecule has 0 amide bonds. The van der Waals surface area contributed by atoms with Gasteiger partial charge in [0.1, 0.15) is 11.5 Å². The Labute approximate surface area is 106 Å². The van der Waals surface area contributed by atoms with Crippen molar-refractivity contribution in [2.75, 3.05) is 14.2 Å². The van der Waals surface area contributed by atoms with Gasteiger partial charge in [0, 0.05) is 0 Å². The van der Waals surface area contributed by atoms with Crippen LogP contribution in [-0.4, -0.2) is 30.4 Å². The van der Waals surface area contributed by atoms with Crippen molar-refractivity contribution in [2.45, 2.75) is 6.10 Å². The Hall–Kier alpha value is -1.02. The number of carboxylic acid groups (broad SMARTS) is 1. The summed E-state index contributed by atoms with van der Waals surface area (Å²) < 4.78 is 10.9. The van der Waals surface area contributed by atoms with Crippen molar-refractivity contribution in [3.63, 3.8) is 0 Å². The van der Waals surface area contributed by atoms with E-state index in [-0.39, 0.29) is 5.56 Å². The predicted octanol–water partition coefficient (Wildman–Crippen LogP) is 1.43. The first-order valence-corrected chi connectivity index (χ1v) is 5.41. The molecule has 1 atom stereocenters. The maximum atomic E-state index is 10.7. The molecule has 0 aliphatic heterocycles. The van der Waals surface area contributed by atoms with E-state index in [1.165, 1.54) is 26.4 Å². The lowest BCUT2D eigenvalue weighted by Gasteiger charge is -2.13. The smallest absolute Gasteiger partial charge is 0.337 e. The summed E-state index contributed by atoms with van der Waals surface area (Å²) in [6.07, 6.45) is -1.58. The average Bonchev–Trinajstić information content (AvgIpc) is 2.28. The highest BCUT2D eigenvalue weighted by Gasteiger charge is 2.20. The second kappa shape index (κ2) is 5.35. The van der Waals surface area contributed by atoms with Gasteiger partial charge in [-0.2, -0.15) is 0 Å². The first kappa shape index (κ1) is 13.0. The molecule has 0 saturated carbocycles. The van der Waals surface area contributed by atoms with Crippen LogP contribution in [0, 0.1) is 3.57 Å². The van der Waals surface area contributed by atoms with E-state index in [1.807, 2.05) is 22.6 Å². The molecule has 6 heteroatoms. The van der Waals surface area contributed by atoms with E-state index in [2.05, 4.69) is 0 Å². The molecule has 0 radical (unpaired) electrons. The zero-order chi connectivity index (χ0) is 12.3. The third-order valence-corrected chi connectivity index (χ3v) is 3.08. The molecule has 0 saturated heterocycles. The topological polar surface area (TPSA) is 76.0 Å². The number of aliphatic carboxylic acids is 1. The van der Waals surface area contributed by atoms with Crippen LogP contribution in [0.2, 0.25) is 0 Å². The minimum Gasteiger partial charge on any atom is -0.495 e. The van der Waals surface area contributed by atoms with Gasteiger partial charge in [-0.25, -0.2) is 4.79 Å².